The summed E-state index contributed by atoms with van der Waals surface area (Å²) in [6, 6.07) is 12.5. The summed E-state index contributed by atoms with van der Waals surface area (Å²) < 4.78 is 5.72. The molecule has 0 spiro atoms. The van der Waals surface area contributed by atoms with E-state index in [0.29, 0.717) is 16.9 Å². The summed E-state index contributed by atoms with van der Waals surface area (Å²) in [4.78, 5) is 14.7. The Morgan fingerprint density at radius 2 is 1.89 bits per heavy atom. The molecule has 4 aromatic rings. The Bertz CT molecular complexity index is 995. The summed E-state index contributed by atoms with van der Waals surface area (Å²) in [5, 5.41) is 1.78. The molecule has 4 heteroatoms. The van der Waals surface area contributed by atoms with E-state index in [0.717, 1.165) is 21.8 Å². The lowest BCUT2D eigenvalue weighted by Gasteiger charge is -2.03. The van der Waals surface area contributed by atoms with Crippen molar-refractivity contribution in [3.05, 3.63) is 52.7 Å². The fraction of sp³-hybridized carbons (Fsp3) is 0. The first-order chi connectivity index (χ1) is 9.24. The standard InChI is InChI=1S/C15H10N2O2/c16-13-9-3-1-2-4-11(9)17-14-10-6-5-8(18)7-12(10)19-15(13)14/h1-7,17H,16H2. The first-order valence-electron chi connectivity index (χ1n) is 5.97. The largest absolute Gasteiger partial charge is 0.452 e. The van der Waals surface area contributed by atoms with Gasteiger partial charge in [-0.3, -0.25) is 4.79 Å². The maximum absolute atomic E-state index is 11.4. The van der Waals surface area contributed by atoms with Crippen molar-refractivity contribution in [1.82, 2.24) is 4.98 Å². The predicted molar refractivity (Wildman–Crippen MR) is 76.3 cm³/mol. The quantitative estimate of drug-likeness (QED) is 0.504. The minimum Gasteiger partial charge on any atom is -0.452 e. The molecule has 0 saturated carbocycles. The maximum Gasteiger partial charge on any atom is 0.182 e. The molecule has 0 aliphatic heterocycles. The molecule has 0 atom stereocenters. The van der Waals surface area contributed by atoms with Crippen LogP contribution in [0.25, 0.3) is 33.0 Å². The third-order valence-corrected chi connectivity index (χ3v) is 3.38. The van der Waals surface area contributed by atoms with Crippen LogP contribution < -0.4 is 11.2 Å². The average molecular weight is 250 g/mol. The van der Waals surface area contributed by atoms with Crippen LogP contribution in [0.2, 0.25) is 0 Å². The van der Waals surface area contributed by atoms with Gasteiger partial charge in [0.1, 0.15) is 5.58 Å². The molecule has 0 saturated heterocycles. The van der Waals surface area contributed by atoms with Crippen LogP contribution in [0.1, 0.15) is 0 Å². The highest BCUT2D eigenvalue weighted by molar-refractivity contribution is 6.12. The number of H-pyrrole nitrogens is 1. The Kier molecular flexibility index (Phi) is 1.82. The number of hydrogen-bond donors (Lipinski definition) is 2. The van der Waals surface area contributed by atoms with E-state index in [2.05, 4.69) is 4.98 Å². The van der Waals surface area contributed by atoms with Crippen molar-refractivity contribution in [2.75, 3.05) is 5.73 Å². The number of fused-ring (bicyclic) bond motifs is 4. The number of benzene rings is 2. The lowest BCUT2D eigenvalue weighted by molar-refractivity contribution is 0.670. The summed E-state index contributed by atoms with van der Waals surface area (Å²) in [7, 11) is 0. The zero-order chi connectivity index (χ0) is 13.0. The number of nitrogen functional groups attached to an aromatic ring is 1. The Labute approximate surface area is 107 Å². The SMILES string of the molecule is Nc1c2ccccc2[nH]c2c1oc1cc(=O)ccc12. The van der Waals surface area contributed by atoms with Gasteiger partial charge in [-0.2, -0.15) is 0 Å². The van der Waals surface area contributed by atoms with Crippen molar-refractivity contribution < 1.29 is 4.42 Å². The molecular weight excluding hydrogens is 240 g/mol. The number of pyridine rings is 1. The molecule has 0 unspecified atom stereocenters. The van der Waals surface area contributed by atoms with Gasteiger partial charge in [0.2, 0.25) is 0 Å². The third kappa shape index (κ3) is 1.31. The zero-order valence-corrected chi connectivity index (χ0v) is 9.94. The summed E-state index contributed by atoms with van der Waals surface area (Å²) in [5.74, 6) is 0. The van der Waals surface area contributed by atoms with Crippen LogP contribution in [0.5, 0.6) is 0 Å². The molecule has 3 N–H and O–H groups in total. The van der Waals surface area contributed by atoms with Crippen LogP contribution >= 0.6 is 0 Å². The maximum atomic E-state index is 11.4. The Balaban J connectivity index is 2.32. The van der Waals surface area contributed by atoms with E-state index in [1.807, 2.05) is 24.3 Å². The van der Waals surface area contributed by atoms with Gasteiger partial charge in [-0.25, -0.2) is 0 Å². The molecule has 19 heavy (non-hydrogen) atoms. The van der Waals surface area contributed by atoms with Crippen molar-refractivity contribution in [3.63, 3.8) is 0 Å². The smallest absolute Gasteiger partial charge is 0.182 e. The van der Waals surface area contributed by atoms with Gasteiger partial charge in [-0.1, -0.05) is 18.2 Å². The minimum atomic E-state index is -0.0744. The molecule has 2 aromatic heterocycles. The Hall–Kier alpha value is -2.75. The molecule has 4 rings (SSSR count). The second-order valence-corrected chi connectivity index (χ2v) is 4.55. The van der Waals surface area contributed by atoms with Crippen LogP contribution in [0.3, 0.4) is 0 Å². The first-order valence-corrected chi connectivity index (χ1v) is 5.97. The van der Waals surface area contributed by atoms with Gasteiger partial charge in [-0.05, 0) is 18.2 Å². The van der Waals surface area contributed by atoms with Crippen LogP contribution in [0.15, 0.2) is 51.7 Å². The molecule has 4 nitrogen and oxygen atoms in total. The van der Waals surface area contributed by atoms with Crippen LogP contribution in [-0.2, 0) is 0 Å². The number of hydrogen-bond acceptors (Lipinski definition) is 3. The zero-order valence-electron chi connectivity index (χ0n) is 9.94. The number of furan rings is 1. The normalized spacial score (nSPS) is 11.6. The summed E-state index contributed by atoms with van der Waals surface area (Å²) in [5.41, 5.74) is 9.60. The van der Waals surface area contributed by atoms with Gasteiger partial charge in [0.15, 0.2) is 11.0 Å². The number of nitrogens with two attached hydrogens (primary N) is 1. The van der Waals surface area contributed by atoms with Crippen LogP contribution in [-0.4, -0.2) is 4.98 Å². The van der Waals surface area contributed by atoms with Gasteiger partial charge >= 0.3 is 0 Å². The van der Waals surface area contributed by atoms with Gasteiger partial charge in [-0.15, -0.1) is 0 Å². The molecular formula is C15H10N2O2. The van der Waals surface area contributed by atoms with E-state index in [-0.39, 0.29) is 5.43 Å². The van der Waals surface area contributed by atoms with Gasteiger partial charge < -0.3 is 15.1 Å². The second-order valence-electron chi connectivity index (χ2n) is 4.55. The monoisotopic (exact) mass is 250 g/mol. The summed E-state index contributed by atoms with van der Waals surface area (Å²) in [6.45, 7) is 0. The molecule has 0 radical (unpaired) electrons. The van der Waals surface area contributed by atoms with Crippen molar-refractivity contribution in [1.29, 1.82) is 0 Å². The lowest BCUT2D eigenvalue weighted by Crippen LogP contribution is -1.92. The summed E-state index contributed by atoms with van der Waals surface area (Å²) in [6.07, 6.45) is 0. The minimum absolute atomic E-state index is 0.0744. The van der Waals surface area contributed by atoms with E-state index < -0.39 is 0 Å². The predicted octanol–water partition coefficient (Wildman–Crippen LogP) is 3.01. The molecule has 0 aliphatic carbocycles. The number of rotatable bonds is 0. The van der Waals surface area contributed by atoms with Crippen LogP contribution in [0, 0.1) is 0 Å². The highest BCUT2D eigenvalue weighted by Gasteiger charge is 2.12. The second kappa shape index (κ2) is 3.38. The fourth-order valence-electron chi connectivity index (χ4n) is 2.47. The van der Waals surface area contributed by atoms with E-state index >= 15 is 0 Å². The Morgan fingerprint density at radius 1 is 1.05 bits per heavy atom. The first kappa shape index (κ1) is 10.2. The van der Waals surface area contributed by atoms with Crippen molar-refractivity contribution >= 4 is 38.7 Å². The summed E-state index contributed by atoms with van der Waals surface area (Å²) >= 11 is 0. The van der Waals surface area contributed by atoms with Crippen molar-refractivity contribution in [2.45, 2.75) is 0 Å². The van der Waals surface area contributed by atoms with Gasteiger partial charge in [0.25, 0.3) is 0 Å². The van der Waals surface area contributed by atoms with E-state index in [4.69, 9.17) is 10.2 Å². The van der Waals surface area contributed by atoms with Gasteiger partial charge in [0, 0.05) is 22.4 Å². The van der Waals surface area contributed by atoms with Crippen molar-refractivity contribution in [2.24, 2.45) is 0 Å². The third-order valence-electron chi connectivity index (χ3n) is 3.38. The molecule has 0 amide bonds. The van der Waals surface area contributed by atoms with Crippen LogP contribution in [0.4, 0.5) is 5.69 Å². The highest BCUT2D eigenvalue weighted by atomic mass is 16.3. The van der Waals surface area contributed by atoms with E-state index in [1.165, 1.54) is 12.1 Å². The molecule has 2 aromatic carbocycles. The lowest BCUT2D eigenvalue weighted by atomic mass is 10.1. The number of para-hydroxylation sites is 1. The number of aromatic amines is 1. The Morgan fingerprint density at radius 3 is 2.79 bits per heavy atom. The molecule has 2 heterocycles. The van der Waals surface area contributed by atoms with Gasteiger partial charge in [0.05, 0.1) is 11.2 Å². The van der Waals surface area contributed by atoms with E-state index in [9.17, 15) is 4.79 Å². The average Bonchev–Trinajstić information content (AvgIpc) is 2.77. The van der Waals surface area contributed by atoms with E-state index in [1.54, 1.807) is 6.07 Å². The fourth-order valence-corrected chi connectivity index (χ4v) is 2.47. The highest BCUT2D eigenvalue weighted by Crippen LogP contribution is 2.34. The topological polar surface area (TPSA) is 72.0 Å². The molecule has 0 aliphatic rings. The molecule has 0 fully saturated rings. The molecule has 0 bridgehead atoms. The van der Waals surface area contributed by atoms with Crippen molar-refractivity contribution in [3.8, 4) is 0 Å². The molecule has 92 valence electrons. The number of nitrogens with one attached hydrogen (secondary N) is 1. The number of anilines is 1. The number of aromatic nitrogens is 1.